The topological polar surface area (TPSA) is 95.9 Å². The van der Waals surface area contributed by atoms with Crippen molar-refractivity contribution in [3.8, 4) is 17.1 Å². The summed E-state index contributed by atoms with van der Waals surface area (Å²) < 4.78 is 12.4. The zero-order valence-corrected chi connectivity index (χ0v) is 19.6. The van der Waals surface area contributed by atoms with Gasteiger partial charge in [0, 0.05) is 35.6 Å². The summed E-state index contributed by atoms with van der Waals surface area (Å²) in [7, 11) is 0. The number of aromatic nitrogens is 5. The number of carbonyl (C=O) groups is 1. The number of ether oxygens (including phenoxy) is 1. The first-order chi connectivity index (χ1) is 15.9. The molecule has 0 saturated heterocycles. The summed E-state index contributed by atoms with van der Waals surface area (Å²) in [4.78, 5) is 20.8. The Kier molecular flexibility index (Phi) is 7.05. The number of rotatable bonds is 8. The normalized spacial score (nSPS) is 11.0. The van der Waals surface area contributed by atoms with Gasteiger partial charge >= 0.3 is 5.97 Å². The Balaban J connectivity index is 1.30. The minimum absolute atomic E-state index is 0.130. The molecule has 0 fully saturated rings. The average Bonchev–Trinajstić information content (AvgIpc) is 3.39. The lowest BCUT2D eigenvalue weighted by atomic mass is 10.1. The van der Waals surface area contributed by atoms with E-state index < -0.39 is 0 Å². The standard InChI is InChI=1S/C23H21Cl2N5O3/c1-14-18(15(2)30(28-14)17-7-8-19(24)20(25)11-17)12-22(31)32-10-4-6-21-27-23(29-33-21)16-5-3-9-26-13-16/h3,5,7-9,11,13H,4,6,10,12H2,1-2H3. The summed E-state index contributed by atoms with van der Waals surface area (Å²) in [5.41, 5.74) is 3.98. The number of halogens is 2. The third-order valence-electron chi connectivity index (χ3n) is 5.10. The van der Waals surface area contributed by atoms with Gasteiger partial charge < -0.3 is 9.26 Å². The van der Waals surface area contributed by atoms with E-state index in [1.807, 2.05) is 32.0 Å². The van der Waals surface area contributed by atoms with Gasteiger partial charge in [-0.05, 0) is 50.6 Å². The number of nitrogens with zero attached hydrogens (tertiary/aromatic N) is 5. The molecule has 170 valence electrons. The van der Waals surface area contributed by atoms with Crippen molar-refractivity contribution in [2.24, 2.45) is 0 Å². The predicted molar refractivity (Wildman–Crippen MR) is 124 cm³/mol. The fourth-order valence-electron chi connectivity index (χ4n) is 3.37. The van der Waals surface area contributed by atoms with E-state index >= 15 is 0 Å². The molecule has 3 aromatic heterocycles. The number of esters is 1. The van der Waals surface area contributed by atoms with Crippen molar-refractivity contribution in [2.75, 3.05) is 6.61 Å². The van der Waals surface area contributed by atoms with Gasteiger partial charge in [0.15, 0.2) is 0 Å². The van der Waals surface area contributed by atoms with Crippen LogP contribution in [0.25, 0.3) is 17.1 Å². The van der Waals surface area contributed by atoms with E-state index in [1.165, 1.54) is 0 Å². The van der Waals surface area contributed by atoms with Crippen molar-refractivity contribution >= 4 is 29.2 Å². The Labute approximate surface area is 200 Å². The summed E-state index contributed by atoms with van der Waals surface area (Å²) in [6, 6.07) is 8.95. The van der Waals surface area contributed by atoms with Gasteiger partial charge in [0.2, 0.25) is 11.7 Å². The van der Waals surface area contributed by atoms with E-state index in [9.17, 15) is 4.79 Å². The highest BCUT2D eigenvalue weighted by atomic mass is 35.5. The molecule has 0 saturated carbocycles. The quantitative estimate of drug-likeness (QED) is 0.257. The second-order valence-electron chi connectivity index (χ2n) is 7.41. The molecule has 3 heterocycles. The summed E-state index contributed by atoms with van der Waals surface area (Å²) in [6.45, 7) is 4.02. The van der Waals surface area contributed by atoms with E-state index in [4.69, 9.17) is 32.5 Å². The van der Waals surface area contributed by atoms with Gasteiger partial charge in [-0.15, -0.1) is 0 Å². The number of benzene rings is 1. The fraction of sp³-hybridized carbons (Fsp3) is 0.261. The molecule has 0 bridgehead atoms. The molecule has 0 radical (unpaired) electrons. The lowest BCUT2D eigenvalue weighted by molar-refractivity contribution is -0.142. The van der Waals surface area contributed by atoms with Gasteiger partial charge in [0.05, 0.1) is 34.5 Å². The Bertz CT molecular complexity index is 1270. The molecule has 8 nitrogen and oxygen atoms in total. The fourth-order valence-corrected chi connectivity index (χ4v) is 3.66. The highest BCUT2D eigenvalue weighted by Gasteiger charge is 2.17. The van der Waals surface area contributed by atoms with Crippen molar-refractivity contribution in [1.82, 2.24) is 24.9 Å². The maximum Gasteiger partial charge on any atom is 0.310 e. The Morgan fingerprint density at radius 1 is 1.18 bits per heavy atom. The van der Waals surface area contributed by atoms with Crippen LogP contribution in [0.4, 0.5) is 0 Å². The molecule has 0 amide bonds. The van der Waals surface area contributed by atoms with Crippen LogP contribution in [-0.2, 0) is 22.4 Å². The lowest BCUT2D eigenvalue weighted by Crippen LogP contribution is -2.11. The van der Waals surface area contributed by atoms with Gasteiger partial charge in [0.1, 0.15) is 0 Å². The molecule has 33 heavy (non-hydrogen) atoms. The molecular weight excluding hydrogens is 465 g/mol. The van der Waals surface area contributed by atoms with Crippen molar-refractivity contribution < 1.29 is 14.1 Å². The number of hydrogen-bond donors (Lipinski definition) is 0. The van der Waals surface area contributed by atoms with E-state index in [0.717, 1.165) is 28.2 Å². The first kappa shape index (κ1) is 22.9. The van der Waals surface area contributed by atoms with Crippen LogP contribution in [0.5, 0.6) is 0 Å². The molecular formula is C23H21Cl2N5O3. The van der Waals surface area contributed by atoms with Crippen molar-refractivity contribution in [3.63, 3.8) is 0 Å². The Morgan fingerprint density at radius 3 is 2.79 bits per heavy atom. The molecule has 0 spiro atoms. The third-order valence-corrected chi connectivity index (χ3v) is 5.83. The molecule has 0 atom stereocenters. The van der Waals surface area contributed by atoms with Gasteiger partial charge in [-0.3, -0.25) is 9.78 Å². The maximum atomic E-state index is 12.4. The third kappa shape index (κ3) is 5.40. The maximum absolute atomic E-state index is 12.4. The second kappa shape index (κ2) is 10.1. The molecule has 10 heteroatoms. The predicted octanol–water partition coefficient (Wildman–Crippen LogP) is 4.96. The highest BCUT2D eigenvalue weighted by Crippen LogP contribution is 2.26. The minimum Gasteiger partial charge on any atom is -0.465 e. The van der Waals surface area contributed by atoms with Crippen LogP contribution >= 0.6 is 23.2 Å². The molecule has 0 N–H and O–H groups in total. The van der Waals surface area contributed by atoms with Crippen LogP contribution in [0.2, 0.25) is 10.0 Å². The van der Waals surface area contributed by atoms with Gasteiger partial charge in [-0.2, -0.15) is 10.1 Å². The zero-order valence-electron chi connectivity index (χ0n) is 18.1. The average molecular weight is 486 g/mol. The lowest BCUT2D eigenvalue weighted by Gasteiger charge is -2.07. The van der Waals surface area contributed by atoms with Crippen molar-refractivity contribution in [1.29, 1.82) is 0 Å². The van der Waals surface area contributed by atoms with Crippen LogP contribution in [0.3, 0.4) is 0 Å². The molecule has 0 unspecified atom stereocenters. The van der Waals surface area contributed by atoms with Crippen molar-refractivity contribution in [2.45, 2.75) is 33.1 Å². The van der Waals surface area contributed by atoms with Crippen molar-refractivity contribution in [3.05, 3.63) is 75.6 Å². The van der Waals surface area contributed by atoms with E-state index in [0.29, 0.717) is 34.6 Å². The van der Waals surface area contributed by atoms with Crippen LogP contribution < -0.4 is 0 Å². The monoisotopic (exact) mass is 485 g/mol. The Hall–Kier alpha value is -3.23. The first-order valence-electron chi connectivity index (χ1n) is 10.3. The summed E-state index contributed by atoms with van der Waals surface area (Å²) in [5.74, 6) is 0.649. The summed E-state index contributed by atoms with van der Waals surface area (Å²) >= 11 is 12.1. The molecule has 1 aromatic carbocycles. The van der Waals surface area contributed by atoms with Crippen LogP contribution in [0.1, 0.15) is 29.3 Å². The minimum atomic E-state index is -0.323. The number of hydrogen-bond acceptors (Lipinski definition) is 7. The molecule has 4 aromatic rings. The van der Waals surface area contributed by atoms with Gasteiger partial charge in [-0.25, -0.2) is 4.68 Å². The molecule has 0 aliphatic carbocycles. The van der Waals surface area contributed by atoms with Gasteiger partial charge in [0.25, 0.3) is 0 Å². The smallest absolute Gasteiger partial charge is 0.310 e. The van der Waals surface area contributed by atoms with E-state index in [1.54, 1.807) is 29.2 Å². The highest BCUT2D eigenvalue weighted by molar-refractivity contribution is 6.42. The SMILES string of the molecule is Cc1nn(-c2ccc(Cl)c(Cl)c2)c(C)c1CC(=O)OCCCc1nc(-c2cccnc2)no1. The number of pyridine rings is 1. The zero-order chi connectivity index (χ0) is 23.4. The first-order valence-corrected chi connectivity index (χ1v) is 11.1. The Morgan fingerprint density at radius 2 is 2.03 bits per heavy atom. The summed E-state index contributed by atoms with van der Waals surface area (Å²) in [6.07, 6.45) is 4.56. The van der Waals surface area contributed by atoms with Crippen LogP contribution in [0, 0.1) is 13.8 Å². The van der Waals surface area contributed by atoms with Crippen LogP contribution in [-0.4, -0.2) is 37.5 Å². The summed E-state index contributed by atoms with van der Waals surface area (Å²) in [5, 5.41) is 9.41. The van der Waals surface area contributed by atoms with E-state index in [-0.39, 0.29) is 19.0 Å². The largest absolute Gasteiger partial charge is 0.465 e. The van der Waals surface area contributed by atoms with Gasteiger partial charge in [-0.1, -0.05) is 28.4 Å². The molecule has 0 aliphatic rings. The van der Waals surface area contributed by atoms with E-state index in [2.05, 4.69) is 20.2 Å². The number of carbonyl (C=O) groups excluding carboxylic acids is 1. The molecule has 4 rings (SSSR count). The second-order valence-corrected chi connectivity index (χ2v) is 8.23. The van der Waals surface area contributed by atoms with Crippen LogP contribution in [0.15, 0.2) is 47.2 Å². The molecule has 0 aliphatic heterocycles. The number of aryl methyl sites for hydroxylation is 2.